The number of benzene rings is 2. The zero-order valence-corrected chi connectivity index (χ0v) is 21.1. The smallest absolute Gasteiger partial charge is 0.335 e. The van der Waals surface area contributed by atoms with E-state index in [4.69, 9.17) is 5.73 Å². The lowest BCUT2D eigenvalue weighted by atomic mass is 9.52. The molecule has 1 amide bonds. The van der Waals surface area contributed by atoms with Gasteiger partial charge in [-0.2, -0.15) is 0 Å². The van der Waals surface area contributed by atoms with E-state index in [0.29, 0.717) is 16.7 Å². The monoisotopic (exact) mass is 534 g/mol. The summed E-state index contributed by atoms with van der Waals surface area (Å²) in [7, 11) is 3.04. The third-order valence-electron chi connectivity index (χ3n) is 8.39. The summed E-state index contributed by atoms with van der Waals surface area (Å²) in [5, 5.41) is 31.5. The number of aliphatic hydroxyl groups is 1. The van der Waals surface area contributed by atoms with Crippen LogP contribution in [0, 0.1) is 23.7 Å². The van der Waals surface area contributed by atoms with Crippen LogP contribution in [0.15, 0.2) is 36.4 Å². The van der Waals surface area contributed by atoms with Crippen LogP contribution in [0.25, 0.3) is 11.1 Å². The van der Waals surface area contributed by atoms with Crippen molar-refractivity contribution in [2.45, 2.75) is 24.5 Å². The molecule has 5 rings (SSSR count). The van der Waals surface area contributed by atoms with Gasteiger partial charge in [0.1, 0.15) is 5.75 Å². The molecule has 2 fully saturated rings. The lowest BCUT2D eigenvalue weighted by Gasteiger charge is -2.52. The van der Waals surface area contributed by atoms with Crippen LogP contribution >= 0.6 is 0 Å². The first-order valence-electron chi connectivity index (χ1n) is 12.3. The summed E-state index contributed by atoms with van der Waals surface area (Å²) < 4.78 is 0. The molecule has 3 aliphatic rings. The molecule has 0 aromatic heterocycles. The number of fused-ring (bicyclic) bond motifs is 3. The quantitative estimate of drug-likeness (QED) is 0.395. The van der Waals surface area contributed by atoms with Crippen LogP contribution in [0.3, 0.4) is 0 Å². The largest absolute Gasteiger partial charge is 0.507 e. The molecular formula is C28H26N2O9. The van der Waals surface area contributed by atoms with Crippen molar-refractivity contribution in [1.29, 1.82) is 0 Å². The number of amides is 1. The zero-order chi connectivity index (χ0) is 28.5. The third kappa shape index (κ3) is 3.64. The molecule has 2 saturated carbocycles. The van der Waals surface area contributed by atoms with E-state index in [1.807, 2.05) is 0 Å². The minimum Gasteiger partial charge on any atom is -0.507 e. The van der Waals surface area contributed by atoms with E-state index in [0.717, 1.165) is 0 Å². The lowest BCUT2D eigenvalue weighted by molar-refractivity contribution is -0.181. The number of carboxylic acid groups (broad SMARTS) is 1. The number of nitrogens with two attached hydrogens (primary N) is 1. The molecule has 2 aromatic rings. The van der Waals surface area contributed by atoms with Gasteiger partial charge in [-0.3, -0.25) is 28.9 Å². The van der Waals surface area contributed by atoms with Crippen molar-refractivity contribution in [3.05, 3.63) is 53.1 Å². The van der Waals surface area contributed by atoms with Crippen LogP contribution in [0.4, 0.5) is 0 Å². The Kier molecular flexibility index (Phi) is 6.04. The van der Waals surface area contributed by atoms with Crippen molar-refractivity contribution in [3.8, 4) is 16.9 Å². The molecule has 202 valence electrons. The van der Waals surface area contributed by atoms with Crippen LogP contribution < -0.4 is 5.73 Å². The highest BCUT2D eigenvalue weighted by molar-refractivity contribution is 6.32. The number of carbonyl (C=O) groups excluding carboxylic acids is 5. The maximum atomic E-state index is 13.8. The summed E-state index contributed by atoms with van der Waals surface area (Å²) in [6, 6.07) is 7.66. The van der Waals surface area contributed by atoms with Crippen LogP contribution in [0.2, 0.25) is 0 Å². The molecule has 6 atom stereocenters. The van der Waals surface area contributed by atoms with E-state index in [1.54, 1.807) is 18.2 Å². The van der Waals surface area contributed by atoms with Gasteiger partial charge in [-0.25, -0.2) is 4.79 Å². The van der Waals surface area contributed by atoms with Crippen molar-refractivity contribution >= 4 is 35.0 Å². The first-order valence-corrected chi connectivity index (χ1v) is 12.3. The van der Waals surface area contributed by atoms with Crippen molar-refractivity contribution < 1.29 is 44.1 Å². The Bertz CT molecular complexity index is 1480. The number of ketones is 4. The van der Waals surface area contributed by atoms with E-state index < -0.39 is 70.3 Å². The molecule has 0 aliphatic heterocycles. The number of primary amides is 1. The van der Waals surface area contributed by atoms with E-state index in [2.05, 4.69) is 0 Å². The molecule has 3 aliphatic carbocycles. The van der Waals surface area contributed by atoms with Gasteiger partial charge in [0.15, 0.2) is 34.7 Å². The minimum absolute atomic E-state index is 0.0586. The number of phenolic OH excluding ortho intramolecular Hbond substituents is 1. The van der Waals surface area contributed by atoms with Crippen molar-refractivity contribution in [2.75, 3.05) is 14.1 Å². The number of carbonyl (C=O) groups is 6. The Morgan fingerprint density at radius 1 is 1.00 bits per heavy atom. The summed E-state index contributed by atoms with van der Waals surface area (Å²) >= 11 is 0. The molecule has 0 radical (unpaired) electrons. The second-order valence-corrected chi connectivity index (χ2v) is 10.7. The first kappa shape index (κ1) is 26.4. The highest BCUT2D eigenvalue weighted by Gasteiger charge is 2.69. The third-order valence-corrected chi connectivity index (χ3v) is 8.39. The first-order chi connectivity index (χ1) is 18.3. The molecule has 11 heteroatoms. The second-order valence-electron chi connectivity index (χ2n) is 10.7. The molecule has 5 N–H and O–H groups in total. The lowest BCUT2D eigenvalue weighted by Crippen LogP contribution is -2.74. The Balaban J connectivity index is 1.64. The summed E-state index contributed by atoms with van der Waals surface area (Å²) in [6.07, 6.45) is 0.0488. The van der Waals surface area contributed by atoms with Gasteiger partial charge in [-0.05, 0) is 67.7 Å². The van der Waals surface area contributed by atoms with Crippen LogP contribution in [0.1, 0.15) is 32.7 Å². The van der Waals surface area contributed by atoms with Crippen LogP contribution in [-0.4, -0.2) is 81.0 Å². The molecule has 2 aromatic carbocycles. The number of phenols is 1. The Hall–Kier alpha value is -4.22. The fraction of sp³-hybridized carbons (Fsp3) is 0.357. The summed E-state index contributed by atoms with van der Waals surface area (Å²) in [5.41, 5.74) is 4.05. The topological polar surface area (TPSA) is 192 Å². The average molecular weight is 535 g/mol. The fourth-order valence-corrected chi connectivity index (χ4v) is 6.67. The number of hydrogen-bond acceptors (Lipinski definition) is 9. The Morgan fingerprint density at radius 2 is 1.64 bits per heavy atom. The van der Waals surface area contributed by atoms with Crippen molar-refractivity contribution in [2.24, 2.45) is 29.4 Å². The Morgan fingerprint density at radius 3 is 2.21 bits per heavy atom. The maximum absolute atomic E-state index is 13.8. The summed E-state index contributed by atoms with van der Waals surface area (Å²) in [5.74, 6) is -12.2. The standard InChI is InChI=1S/C28H26N2O9/c1-30(2)21-16-10-13-9-15-14(11-3-5-12(6-4-11)27(37)38)7-8-17(31)19(15)22(32)18(13)24(34)28(16,39)25(35)20(23(21)33)26(29)36/h3-8,13,16,18,20-21,31,39H,9-10H2,1-2H3,(H2,29,36)(H,37,38)/t13-,16-,18?,20?,21-,28-/m1/s1. The predicted molar refractivity (Wildman–Crippen MR) is 134 cm³/mol. The Labute approximate surface area is 222 Å². The van der Waals surface area contributed by atoms with E-state index in [-0.39, 0.29) is 29.7 Å². The SMILES string of the molecule is CN(C)[C@H]1C(=O)C(C(N)=O)C(=O)[C@]2(O)C(=O)C3C(=O)c4c(O)ccc(-c5ccc(C(=O)O)cc5)c4C[C@@H]3C[C@H]12. The summed E-state index contributed by atoms with van der Waals surface area (Å²) in [6.45, 7) is 0. The number of nitrogens with zero attached hydrogens (tertiary/aromatic N) is 1. The predicted octanol–water partition coefficient (Wildman–Crippen LogP) is 0.232. The van der Waals surface area contributed by atoms with Crippen molar-refractivity contribution in [3.63, 3.8) is 0 Å². The molecule has 0 heterocycles. The number of Topliss-reactive ketones (excluding diaryl/α,β-unsaturated/α-hetero) is 4. The van der Waals surface area contributed by atoms with E-state index >= 15 is 0 Å². The number of aromatic carboxylic acids is 1. The van der Waals surface area contributed by atoms with Gasteiger partial charge in [-0.15, -0.1) is 0 Å². The number of hydrogen-bond donors (Lipinski definition) is 4. The van der Waals surface area contributed by atoms with Gasteiger partial charge in [0.2, 0.25) is 5.91 Å². The number of rotatable bonds is 4. The zero-order valence-electron chi connectivity index (χ0n) is 21.1. The molecule has 0 saturated heterocycles. The van der Waals surface area contributed by atoms with Crippen LogP contribution in [0.5, 0.6) is 5.75 Å². The maximum Gasteiger partial charge on any atom is 0.335 e. The molecule has 2 unspecified atom stereocenters. The van der Waals surface area contributed by atoms with Crippen LogP contribution in [-0.2, 0) is 25.6 Å². The van der Waals surface area contributed by atoms with Gasteiger partial charge in [0.25, 0.3) is 0 Å². The molecular weight excluding hydrogens is 508 g/mol. The number of aromatic hydroxyl groups is 1. The number of carboxylic acids is 1. The van der Waals surface area contributed by atoms with Crippen molar-refractivity contribution in [1.82, 2.24) is 4.90 Å². The molecule has 0 spiro atoms. The van der Waals surface area contributed by atoms with E-state index in [9.17, 15) is 44.1 Å². The second kappa shape index (κ2) is 8.92. The fourth-order valence-electron chi connectivity index (χ4n) is 6.67. The highest BCUT2D eigenvalue weighted by atomic mass is 16.4. The average Bonchev–Trinajstić information content (AvgIpc) is 2.86. The molecule has 39 heavy (non-hydrogen) atoms. The number of likely N-dealkylation sites (N-methyl/N-ethyl adjacent to an activating group) is 1. The van der Waals surface area contributed by atoms with Gasteiger partial charge < -0.3 is 21.1 Å². The van der Waals surface area contributed by atoms with Gasteiger partial charge in [-0.1, -0.05) is 18.2 Å². The van der Waals surface area contributed by atoms with Gasteiger partial charge >= 0.3 is 5.97 Å². The minimum atomic E-state index is -2.78. The highest BCUT2D eigenvalue weighted by Crippen LogP contribution is 2.51. The molecule has 0 bridgehead atoms. The normalized spacial score (nSPS) is 30.0. The van der Waals surface area contributed by atoms with E-state index in [1.165, 1.54) is 37.2 Å². The van der Waals surface area contributed by atoms with Gasteiger partial charge in [0, 0.05) is 5.92 Å². The molecule has 11 nitrogen and oxygen atoms in total. The summed E-state index contributed by atoms with van der Waals surface area (Å²) in [4.78, 5) is 78.9. The van der Waals surface area contributed by atoms with Gasteiger partial charge in [0.05, 0.1) is 23.1 Å².